The summed E-state index contributed by atoms with van der Waals surface area (Å²) in [5.41, 5.74) is 0. The summed E-state index contributed by atoms with van der Waals surface area (Å²) in [4.78, 5) is 0. The van der Waals surface area contributed by atoms with E-state index in [0.29, 0.717) is 5.88 Å². The molecule has 0 nitrogen and oxygen atoms in total. The van der Waals surface area contributed by atoms with Gasteiger partial charge in [-0.2, -0.15) is 0 Å². The van der Waals surface area contributed by atoms with Gasteiger partial charge in [-0.3, -0.25) is 0 Å². The summed E-state index contributed by atoms with van der Waals surface area (Å²) >= 11 is 10.5. The quantitative estimate of drug-likeness (QED) is 0.403. The van der Waals surface area contributed by atoms with Crippen molar-refractivity contribution in [3.05, 3.63) is 12.7 Å². The second-order valence-electron chi connectivity index (χ2n) is 1.34. The zero-order valence-electron chi connectivity index (χ0n) is 5.32. The Bertz CT molecular complexity index is 41.8. The normalized spacial score (nSPS) is 11.0. The fraction of sp³-hybridized carbons (Fsp3) is 0.667. The molecule has 0 saturated carbocycles. The zero-order chi connectivity index (χ0) is 6.99. The molecule has 0 bridgehead atoms. The summed E-state index contributed by atoms with van der Waals surface area (Å²) in [6, 6.07) is 0. The molecule has 0 rings (SSSR count). The van der Waals surface area contributed by atoms with Crippen LogP contribution in [0.15, 0.2) is 12.7 Å². The van der Waals surface area contributed by atoms with Crippen molar-refractivity contribution in [3.8, 4) is 0 Å². The van der Waals surface area contributed by atoms with Gasteiger partial charge in [0, 0.05) is 11.3 Å². The van der Waals surface area contributed by atoms with Crippen LogP contribution in [0.25, 0.3) is 0 Å². The Morgan fingerprint density at radius 3 is 1.88 bits per heavy atom. The summed E-state index contributed by atoms with van der Waals surface area (Å²) < 4.78 is 0. The number of alkyl halides is 2. The van der Waals surface area contributed by atoms with E-state index in [1.54, 1.807) is 6.08 Å². The molecule has 0 radical (unpaired) electrons. The molecule has 0 spiro atoms. The van der Waals surface area contributed by atoms with Gasteiger partial charge in [-0.25, -0.2) is 0 Å². The van der Waals surface area contributed by atoms with E-state index >= 15 is 0 Å². The highest BCUT2D eigenvalue weighted by molar-refractivity contribution is 6.27. The zero-order valence-corrected chi connectivity index (χ0v) is 6.84. The molecule has 2 heteroatoms. The van der Waals surface area contributed by atoms with Gasteiger partial charge in [0.25, 0.3) is 0 Å². The van der Waals surface area contributed by atoms with Crippen molar-refractivity contribution in [1.29, 1.82) is 0 Å². The van der Waals surface area contributed by atoms with Crippen LogP contribution in [0.4, 0.5) is 0 Å². The van der Waals surface area contributed by atoms with Crippen LogP contribution in [0.1, 0.15) is 13.8 Å². The Hall–Kier alpha value is 0.320. The van der Waals surface area contributed by atoms with Gasteiger partial charge in [-0.15, -0.1) is 29.8 Å². The Morgan fingerprint density at radius 1 is 1.75 bits per heavy atom. The van der Waals surface area contributed by atoms with Crippen molar-refractivity contribution < 1.29 is 0 Å². The van der Waals surface area contributed by atoms with Crippen LogP contribution in [0, 0.1) is 0 Å². The highest BCUT2D eigenvalue weighted by Gasteiger charge is 1.85. The lowest BCUT2D eigenvalue weighted by atomic mass is 10.6. The molecule has 0 amide bonds. The van der Waals surface area contributed by atoms with Gasteiger partial charge in [-0.05, 0) is 13.8 Å². The minimum atomic E-state index is 0.122. The van der Waals surface area contributed by atoms with Gasteiger partial charge < -0.3 is 0 Å². The first-order valence-electron chi connectivity index (χ1n) is 2.46. The number of halogens is 2. The molecule has 50 valence electrons. The highest BCUT2D eigenvalue weighted by Crippen LogP contribution is 1.93. The molecular formula is C6H12Cl2. The van der Waals surface area contributed by atoms with Gasteiger partial charge in [0.15, 0.2) is 0 Å². The van der Waals surface area contributed by atoms with Crippen LogP contribution in [0.2, 0.25) is 0 Å². The van der Waals surface area contributed by atoms with Crippen molar-refractivity contribution in [2.75, 3.05) is 5.88 Å². The maximum atomic E-state index is 5.33. The van der Waals surface area contributed by atoms with E-state index in [0.717, 1.165) is 0 Å². The van der Waals surface area contributed by atoms with Crippen LogP contribution in [0.5, 0.6) is 0 Å². The third-order valence-corrected chi connectivity index (χ3v) is 0.988. The highest BCUT2D eigenvalue weighted by atomic mass is 35.5. The van der Waals surface area contributed by atoms with E-state index in [-0.39, 0.29) is 5.38 Å². The number of rotatable bonds is 1. The molecular weight excluding hydrogens is 143 g/mol. The van der Waals surface area contributed by atoms with E-state index in [1.165, 1.54) is 0 Å². The molecule has 0 aromatic rings. The molecule has 0 saturated heterocycles. The Balaban J connectivity index is 0. The first-order chi connectivity index (χ1) is 3.68. The summed E-state index contributed by atoms with van der Waals surface area (Å²) in [5.74, 6) is 0.543. The van der Waals surface area contributed by atoms with Crippen molar-refractivity contribution in [1.82, 2.24) is 0 Å². The largest absolute Gasteiger partial charge is 0.125 e. The molecule has 1 unspecified atom stereocenters. The molecule has 0 aliphatic rings. The Kier molecular flexibility index (Phi) is 14.4. The van der Waals surface area contributed by atoms with Crippen molar-refractivity contribution in [2.45, 2.75) is 19.2 Å². The lowest BCUT2D eigenvalue weighted by Crippen LogP contribution is -1.87. The topological polar surface area (TPSA) is 0 Å². The molecule has 0 heterocycles. The summed E-state index contributed by atoms with van der Waals surface area (Å²) in [6.07, 6.45) is 1.75. The van der Waals surface area contributed by atoms with Crippen molar-refractivity contribution in [2.24, 2.45) is 0 Å². The smallest absolute Gasteiger partial charge is 0.0443 e. The Morgan fingerprint density at radius 2 is 1.88 bits per heavy atom. The van der Waals surface area contributed by atoms with Crippen LogP contribution in [-0.2, 0) is 0 Å². The van der Waals surface area contributed by atoms with Gasteiger partial charge in [0.1, 0.15) is 0 Å². The second kappa shape index (κ2) is 10.3. The fourth-order valence-electron chi connectivity index (χ4n) is 0. The molecule has 8 heavy (non-hydrogen) atoms. The van der Waals surface area contributed by atoms with Crippen LogP contribution < -0.4 is 0 Å². The van der Waals surface area contributed by atoms with Crippen LogP contribution in [-0.4, -0.2) is 11.3 Å². The van der Waals surface area contributed by atoms with Crippen LogP contribution in [0.3, 0.4) is 0 Å². The fourth-order valence-corrected chi connectivity index (χ4v) is 0. The maximum Gasteiger partial charge on any atom is 0.0443 e. The van der Waals surface area contributed by atoms with Crippen molar-refractivity contribution in [3.63, 3.8) is 0 Å². The van der Waals surface area contributed by atoms with E-state index < -0.39 is 0 Å². The molecule has 0 aromatic heterocycles. The lowest BCUT2D eigenvalue weighted by molar-refractivity contribution is 1.11. The molecule has 0 N–H and O–H groups in total. The molecule has 0 aliphatic heterocycles. The average Bonchev–Trinajstić information content (AvgIpc) is 1.69. The standard InChI is InChI=1S/C3H6Cl2.C3H6/c1-3(5)2-4;1-3-2/h3H,2H2,1H3;3H,1H2,2H3. The van der Waals surface area contributed by atoms with E-state index in [2.05, 4.69) is 6.58 Å². The van der Waals surface area contributed by atoms with Crippen molar-refractivity contribution >= 4 is 23.2 Å². The minimum absolute atomic E-state index is 0.122. The van der Waals surface area contributed by atoms with E-state index in [4.69, 9.17) is 23.2 Å². The van der Waals surface area contributed by atoms with Gasteiger partial charge in [-0.1, -0.05) is 6.08 Å². The number of hydrogen-bond acceptors (Lipinski definition) is 0. The monoisotopic (exact) mass is 154 g/mol. The third-order valence-electron chi connectivity index (χ3n) is 0.213. The molecule has 0 aliphatic carbocycles. The van der Waals surface area contributed by atoms with Crippen LogP contribution >= 0.6 is 23.2 Å². The molecule has 0 aromatic carbocycles. The van der Waals surface area contributed by atoms with E-state index in [1.807, 2.05) is 13.8 Å². The lowest BCUT2D eigenvalue weighted by Gasteiger charge is -1.85. The van der Waals surface area contributed by atoms with E-state index in [9.17, 15) is 0 Å². The summed E-state index contributed by atoms with van der Waals surface area (Å²) in [5, 5.41) is 0.122. The van der Waals surface area contributed by atoms with Gasteiger partial charge in [0.05, 0.1) is 0 Å². The van der Waals surface area contributed by atoms with Gasteiger partial charge in [0.2, 0.25) is 0 Å². The number of hydrogen-bond donors (Lipinski definition) is 0. The SMILES string of the molecule is C=CC.CC(Cl)CCl. The third kappa shape index (κ3) is 33.2. The first-order valence-corrected chi connectivity index (χ1v) is 3.43. The van der Waals surface area contributed by atoms with Gasteiger partial charge >= 0.3 is 0 Å². The minimum Gasteiger partial charge on any atom is -0.125 e. The second-order valence-corrected chi connectivity index (χ2v) is 2.40. The predicted octanol–water partition coefficient (Wildman–Crippen LogP) is 3.04. The Labute approximate surface area is 61.5 Å². The number of allylic oxidation sites excluding steroid dienone is 1. The maximum absolute atomic E-state index is 5.33. The first kappa shape index (κ1) is 11.2. The summed E-state index contributed by atoms with van der Waals surface area (Å²) in [6.45, 7) is 7.11. The summed E-state index contributed by atoms with van der Waals surface area (Å²) in [7, 11) is 0. The molecule has 0 fully saturated rings. The predicted molar refractivity (Wildman–Crippen MR) is 41.9 cm³/mol. The average molecular weight is 155 g/mol. The molecule has 1 atom stereocenters.